The molecule has 1 amide bonds. The Morgan fingerprint density at radius 1 is 1.12 bits per heavy atom. The third-order valence-electron chi connectivity index (χ3n) is 4.98. The number of ether oxygens (including phenoxy) is 3. The first kappa shape index (κ1) is 24.9. The summed E-state index contributed by atoms with van der Waals surface area (Å²) in [6, 6.07) is 10.9. The fourth-order valence-corrected chi connectivity index (χ4v) is 4.93. The molecule has 1 fully saturated rings. The summed E-state index contributed by atoms with van der Waals surface area (Å²) in [5.41, 5.74) is 1.43. The first-order valence-electron chi connectivity index (χ1n) is 10.4. The molecule has 1 heterocycles. The summed E-state index contributed by atoms with van der Waals surface area (Å²) in [6.45, 7) is 0.310. The van der Waals surface area contributed by atoms with E-state index in [1.54, 1.807) is 31.2 Å². The molecule has 0 saturated carbocycles. The van der Waals surface area contributed by atoms with E-state index in [2.05, 4.69) is 10.1 Å². The van der Waals surface area contributed by atoms with Crippen LogP contribution in [0.25, 0.3) is 0 Å². The van der Waals surface area contributed by atoms with Crippen molar-refractivity contribution in [1.29, 1.82) is 0 Å². The van der Waals surface area contributed by atoms with Crippen LogP contribution in [-0.2, 0) is 27.1 Å². The van der Waals surface area contributed by atoms with Crippen LogP contribution in [0.1, 0.15) is 28.4 Å². The Balaban J connectivity index is 1.70. The molecule has 11 heteroatoms. The molecular weight excluding hydrogens is 458 g/mol. The van der Waals surface area contributed by atoms with Gasteiger partial charge in [0.25, 0.3) is 5.91 Å². The molecule has 1 saturated heterocycles. The number of alkyl halides is 2. The summed E-state index contributed by atoms with van der Waals surface area (Å²) in [5.74, 6) is -0.789. The maximum Gasteiger partial charge on any atom is 0.387 e. The first-order chi connectivity index (χ1) is 15.8. The number of nitrogens with one attached hydrogen (secondary N) is 1. The van der Waals surface area contributed by atoms with Gasteiger partial charge in [0.2, 0.25) is 10.0 Å². The van der Waals surface area contributed by atoms with Gasteiger partial charge in [0.15, 0.2) is 11.5 Å². The second-order valence-electron chi connectivity index (χ2n) is 7.19. The zero-order valence-corrected chi connectivity index (χ0v) is 18.9. The molecule has 1 aliphatic rings. The molecule has 1 aliphatic heterocycles. The van der Waals surface area contributed by atoms with Gasteiger partial charge in [-0.15, -0.1) is 0 Å². The molecule has 0 atom stereocenters. The number of carbonyl (C=O) groups is 1. The molecule has 180 valence electrons. The summed E-state index contributed by atoms with van der Waals surface area (Å²) in [4.78, 5) is 12.7. The second kappa shape index (κ2) is 11.4. The minimum atomic E-state index is -3.53. The topological polar surface area (TPSA) is 94.2 Å². The Morgan fingerprint density at radius 3 is 2.48 bits per heavy atom. The van der Waals surface area contributed by atoms with Crippen molar-refractivity contribution >= 4 is 15.9 Å². The highest BCUT2D eigenvalue weighted by Crippen LogP contribution is 2.30. The van der Waals surface area contributed by atoms with Gasteiger partial charge < -0.3 is 19.5 Å². The third-order valence-corrected chi connectivity index (χ3v) is 6.81. The monoisotopic (exact) mass is 484 g/mol. The van der Waals surface area contributed by atoms with Crippen molar-refractivity contribution in [1.82, 2.24) is 9.62 Å². The fourth-order valence-electron chi connectivity index (χ4n) is 3.37. The molecule has 0 spiro atoms. The van der Waals surface area contributed by atoms with Gasteiger partial charge in [-0.2, -0.15) is 13.1 Å². The molecule has 33 heavy (non-hydrogen) atoms. The number of benzene rings is 2. The second-order valence-corrected chi connectivity index (χ2v) is 9.16. The van der Waals surface area contributed by atoms with Gasteiger partial charge in [0, 0.05) is 25.2 Å². The Hall–Kier alpha value is -2.76. The number of amides is 1. The van der Waals surface area contributed by atoms with Crippen molar-refractivity contribution in [2.75, 3.05) is 32.9 Å². The zero-order valence-electron chi connectivity index (χ0n) is 18.1. The number of nitrogens with zero attached hydrogens (tertiary/aromatic N) is 1. The molecular formula is C22H26F2N2O6S. The lowest BCUT2D eigenvalue weighted by Gasteiger charge is -2.26. The number of carbonyl (C=O) groups excluding carboxylic acids is 1. The molecule has 0 bridgehead atoms. The van der Waals surface area contributed by atoms with Crippen LogP contribution in [0.4, 0.5) is 8.78 Å². The first-order valence-corrected chi connectivity index (χ1v) is 12.0. The van der Waals surface area contributed by atoms with Crippen LogP contribution in [0, 0.1) is 0 Å². The smallest absolute Gasteiger partial charge is 0.387 e. The lowest BCUT2D eigenvalue weighted by atomic mass is 10.1. The van der Waals surface area contributed by atoms with Gasteiger partial charge in [-0.3, -0.25) is 4.79 Å². The lowest BCUT2D eigenvalue weighted by molar-refractivity contribution is -0.0514. The standard InChI is InChI=1S/C22H26F2N2O6S/c1-2-31-20-13-16(7-8-19(20)32-22(23)24)21(27)25-14-17-5-3-4-6-18(17)15-33(28,29)26-9-11-30-12-10-26/h3-8,13,22H,2,9-12,14-15H2,1H3,(H,25,27). The highest BCUT2D eigenvalue weighted by molar-refractivity contribution is 7.88. The van der Waals surface area contributed by atoms with Gasteiger partial charge in [-0.1, -0.05) is 24.3 Å². The van der Waals surface area contributed by atoms with E-state index in [9.17, 15) is 22.0 Å². The quantitative estimate of drug-likeness (QED) is 0.558. The van der Waals surface area contributed by atoms with Crippen molar-refractivity contribution in [3.63, 3.8) is 0 Å². The Kier molecular flexibility index (Phi) is 8.59. The van der Waals surface area contributed by atoms with Gasteiger partial charge in [0.05, 0.1) is 25.6 Å². The largest absolute Gasteiger partial charge is 0.490 e. The van der Waals surface area contributed by atoms with Crippen molar-refractivity contribution < 1.29 is 36.2 Å². The minimum Gasteiger partial charge on any atom is -0.490 e. The number of sulfonamides is 1. The van der Waals surface area contributed by atoms with Crippen molar-refractivity contribution in [2.24, 2.45) is 0 Å². The highest BCUT2D eigenvalue weighted by Gasteiger charge is 2.25. The number of morpholine rings is 1. The summed E-state index contributed by atoms with van der Waals surface area (Å²) in [6.07, 6.45) is 0. The van der Waals surface area contributed by atoms with E-state index < -0.39 is 22.5 Å². The molecule has 8 nitrogen and oxygen atoms in total. The highest BCUT2D eigenvalue weighted by atomic mass is 32.2. The maximum atomic E-state index is 12.8. The van der Waals surface area contributed by atoms with Crippen LogP contribution in [0.3, 0.4) is 0 Å². The van der Waals surface area contributed by atoms with E-state index >= 15 is 0 Å². The number of rotatable bonds is 10. The van der Waals surface area contributed by atoms with Gasteiger partial charge >= 0.3 is 6.61 Å². The average Bonchev–Trinajstić information content (AvgIpc) is 2.79. The van der Waals surface area contributed by atoms with Gasteiger partial charge in [-0.05, 0) is 36.2 Å². The van der Waals surface area contributed by atoms with E-state index in [0.717, 1.165) is 0 Å². The SMILES string of the molecule is CCOc1cc(C(=O)NCc2ccccc2CS(=O)(=O)N2CCOCC2)ccc1OC(F)F. The van der Waals surface area contributed by atoms with E-state index in [0.29, 0.717) is 37.4 Å². The van der Waals surface area contributed by atoms with E-state index in [4.69, 9.17) is 9.47 Å². The average molecular weight is 485 g/mol. The lowest BCUT2D eigenvalue weighted by Crippen LogP contribution is -2.41. The van der Waals surface area contributed by atoms with Gasteiger partial charge in [-0.25, -0.2) is 8.42 Å². The van der Waals surface area contributed by atoms with Crippen molar-refractivity contribution in [3.8, 4) is 11.5 Å². The Bertz CT molecular complexity index is 1060. The van der Waals surface area contributed by atoms with Crippen LogP contribution in [0.15, 0.2) is 42.5 Å². The molecule has 2 aromatic carbocycles. The molecule has 0 aromatic heterocycles. The van der Waals surface area contributed by atoms with Gasteiger partial charge in [0.1, 0.15) is 0 Å². The molecule has 0 aliphatic carbocycles. The molecule has 2 aromatic rings. The van der Waals surface area contributed by atoms with Crippen LogP contribution in [0.2, 0.25) is 0 Å². The van der Waals surface area contributed by atoms with Crippen molar-refractivity contribution in [2.45, 2.75) is 25.8 Å². The summed E-state index contributed by atoms with van der Waals surface area (Å²) < 4.78 is 67.0. The maximum absolute atomic E-state index is 12.8. The summed E-state index contributed by atoms with van der Waals surface area (Å²) in [5, 5.41) is 2.74. The normalized spacial score (nSPS) is 14.8. The summed E-state index contributed by atoms with van der Waals surface area (Å²) in [7, 11) is -3.53. The predicted octanol–water partition coefficient (Wildman–Crippen LogP) is 2.78. The van der Waals surface area contributed by atoms with E-state index in [-0.39, 0.29) is 36.0 Å². The third kappa shape index (κ3) is 6.86. The van der Waals surface area contributed by atoms with Crippen LogP contribution >= 0.6 is 0 Å². The molecule has 0 radical (unpaired) electrons. The number of halogens is 2. The number of hydrogen-bond donors (Lipinski definition) is 1. The van der Waals surface area contributed by atoms with Crippen LogP contribution in [-0.4, -0.2) is 58.2 Å². The summed E-state index contributed by atoms with van der Waals surface area (Å²) >= 11 is 0. The molecule has 0 unspecified atom stereocenters. The van der Waals surface area contributed by atoms with E-state index in [1.165, 1.54) is 22.5 Å². The Labute approximate surface area is 191 Å². The van der Waals surface area contributed by atoms with Crippen LogP contribution < -0.4 is 14.8 Å². The predicted molar refractivity (Wildman–Crippen MR) is 117 cm³/mol. The van der Waals surface area contributed by atoms with Crippen molar-refractivity contribution in [3.05, 3.63) is 59.2 Å². The molecule has 3 rings (SSSR count). The molecule has 1 N–H and O–H groups in total. The minimum absolute atomic E-state index is 0.0301. The zero-order chi connectivity index (χ0) is 23.8. The Morgan fingerprint density at radius 2 is 1.82 bits per heavy atom. The van der Waals surface area contributed by atoms with Crippen LogP contribution in [0.5, 0.6) is 11.5 Å². The number of hydrogen-bond acceptors (Lipinski definition) is 6. The fraction of sp³-hybridized carbons (Fsp3) is 0.409. The van der Waals surface area contributed by atoms with E-state index in [1.807, 2.05) is 0 Å².